The van der Waals surface area contributed by atoms with Crippen LogP contribution in [0.3, 0.4) is 0 Å². The quantitative estimate of drug-likeness (QED) is 0.261. The van der Waals surface area contributed by atoms with E-state index in [1.807, 2.05) is 66.5 Å². The van der Waals surface area contributed by atoms with Crippen LogP contribution in [-0.2, 0) is 22.4 Å². The lowest BCUT2D eigenvalue weighted by atomic mass is 9.82. The van der Waals surface area contributed by atoms with E-state index in [0.29, 0.717) is 44.5 Å². The number of likely N-dealkylation sites (N-methyl/N-ethyl adjacent to an activating group) is 1. The number of benzene rings is 3. The number of nitrogens with one attached hydrogen (secondary N) is 1. The summed E-state index contributed by atoms with van der Waals surface area (Å²) in [4.78, 5) is 29.8. The molecule has 0 aromatic heterocycles. The minimum Gasteiger partial charge on any atom is -0.488 e. The van der Waals surface area contributed by atoms with Crippen LogP contribution in [0.4, 0.5) is 13.2 Å². The molecular weight excluding hydrogens is 555 g/mol. The molecule has 2 aliphatic rings. The van der Waals surface area contributed by atoms with Gasteiger partial charge in [-0.05, 0) is 60.1 Å². The van der Waals surface area contributed by atoms with Gasteiger partial charge in [-0.3, -0.25) is 9.59 Å². The van der Waals surface area contributed by atoms with Crippen LogP contribution in [0.1, 0.15) is 36.5 Å². The van der Waals surface area contributed by atoms with E-state index < -0.39 is 23.2 Å². The van der Waals surface area contributed by atoms with Crippen LogP contribution in [0.5, 0.6) is 5.75 Å². The highest BCUT2D eigenvalue weighted by molar-refractivity contribution is 6.03. The van der Waals surface area contributed by atoms with E-state index in [0.717, 1.165) is 40.8 Å². The minimum atomic E-state index is -1.33. The van der Waals surface area contributed by atoms with Crippen molar-refractivity contribution < 1.29 is 27.5 Å². The zero-order chi connectivity index (χ0) is 30.5. The molecular formula is C34H36F3N3O3. The standard InChI is InChI=1S/C34H36F3N3O3/c1-22(41)40-20-26-19-27(31(30(21-40)38-26)34(42)39(2)17-16-23-7-4-3-5-8-23)25-12-10-24(11-13-25)9-6-18-43-33-29(36)15-14-28(35)32(33)37/h3-5,7-8,10-15,26,30,38H,6,9,16-21H2,1-2H3. The topological polar surface area (TPSA) is 61.9 Å². The van der Waals surface area contributed by atoms with E-state index in [2.05, 4.69) is 5.32 Å². The summed E-state index contributed by atoms with van der Waals surface area (Å²) in [6.45, 7) is 3.18. The van der Waals surface area contributed by atoms with Crippen molar-refractivity contribution in [2.45, 2.75) is 44.7 Å². The van der Waals surface area contributed by atoms with E-state index in [1.165, 1.54) is 0 Å². The van der Waals surface area contributed by atoms with Crippen molar-refractivity contribution >= 4 is 17.4 Å². The molecule has 3 aromatic carbocycles. The molecule has 3 aromatic rings. The van der Waals surface area contributed by atoms with E-state index >= 15 is 0 Å². The monoisotopic (exact) mass is 591 g/mol. The second-order valence-corrected chi connectivity index (χ2v) is 11.2. The van der Waals surface area contributed by atoms with Gasteiger partial charge in [-0.25, -0.2) is 8.78 Å². The Bertz CT molecular complexity index is 1490. The number of aryl methyl sites for hydroxylation is 1. The van der Waals surface area contributed by atoms with Crippen LogP contribution in [0.2, 0.25) is 0 Å². The maximum Gasteiger partial charge on any atom is 0.251 e. The van der Waals surface area contributed by atoms with Gasteiger partial charge in [0.05, 0.1) is 12.6 Å². The van der Waals surface area contributed by atoms with E-state index in [-0.39, 0.29) is 30.5 Å². The summed E-state index contributed by atoms with van der Waals surface area (Å²) in [5.74, 6) is -4.17. The summed E-state index contributed by atoms with van der Waals surface area (Å²) < 4.78 is 46.3. The summed E-state index contributed by atoms with van der Waals surface area (Å²) in [7, 11) is 1.82. The van der Waals surface area contributed by atoms with Gasteiger partial charge < -0.3 is 19.9 Å². The fourth-order valence-electron chi connectivity index (χ4n) is 5.84. The Morgan fingerprint density at radius 3 is 2.35 bits per heavy atom. The average Bonchev–Trinajstić information content (AvgIpc) is 3.01. The highest BCUT2D eigenvalue weighted by atomic mass is 19.2. The first-order chi connectivity index (χ1) is 20.7. The second kappa shape index (κ2) is 13.5. The Kier molecular flexibility index (Phi) is 9.50. The number of ether oxygens (including phenoxy) is 1. The molecule has 43 heavy (non-hydrogen) atoms. The maximum atomic E-state index is 13.9. The predicted molar refractivity (Wildman–Crippen MR) is 159 cm³/mol. The second-order valence-electron chi connectivity index (χ2n) is 11.2. The molecule has 2 bridgehead atoms. The van der Waals surface area contributed by atoms with E-state index in [1.54, 1.807) is 11.8 Å². The van der Waals surface area contributed by atoms with Gasteiger partial charge in [-0.1, -0.05) is 54.6 Å². The fourth-order valence-corrected chi connectivity index (χ4v) is 5.84. The highest BCUT2D eigenvalue weighted by Crippen LogP contribution is 2.34. The van der Waals surface area contributed by atoms with E-state index in [4.69, 9.17) is 4.74 Å². The molecule has 1 saturated heterocycles. The number of carbonyl (C=O) groups is 2. The first-order valence-corrected chi connectivity index (χ1v) is 14.6. The number of fused-ring (bicyclic) bond motifs is 2. The SMILES string of the molecule is CC(=O)N1CC2CC(c3ccc(CCCOc4c(F)ccc(F)c4F)cc3)=C(C(=O)N(C)CCc3ccccc3)C(C1)N2. The Morgan fingerprint density at radius 1 is 0.930 bits per heavy atom. The molecule has 1 fully saturated rings. The molecule has 0 radical (unpaired) electrons. The molecule has 5 rings (SSSR count). The molecule has 9 heteroatoms. The van der Waals surface area contributed by atoms with Crippen LogP contribution in [-0.4, -0.2) is 67.0 Å². The normalized spacial score (nSPS) is 18.0. The predicted octanol–water partition coefficient (Wildman–Crippen LogP) is 5.16. The Labute approximate surface area is 250 Å². The molecule has 2 atom stereocenters. The number of nitrogens with zero attached hydrogens (tertiary/aromatic N) is 2. The average molecular weight is 592 g/mol. The van der Waals surface area contributed by atoms with Crippen molar-refractivity contribution in [3.8, 4) is 5.75 Å². The largest absolute Gasteiger partial charge is 0.488 e. The Morgan fingerprint density at radius 2 is 1.63 bits per heavy atom. The minimum absolute atomic E-state index is 0.000361. The van der Waals surface area contributed by atoms with Crippen molar-refractivity contribution in [2.75, 3.05) is 33.3 Å². The first-order valence-electron chi connectivity index (χ1n) is 14.6. The molecule has 0 saturated carbocycles. The number of carbonyl (C=O) groups excluding carboxylic acids is 2. The number of hydrogen-bond acceptors (Lipinski definition) is 4. The maximum absolute atomic E-state index is 13.9. The zero-order valence-electron chi connectivity index (χ0n) is 24.4. The number of rotatable bonds is 10. The summed E-state index contributed by atoms with van der Waals surface area (Å²) >= 11 is 0. The zero-order valence-corrected chi connectivity index (χ0v) is 24.4. The van der Waals surface area contributed by atoms with Crippen LogP contribution in [0.25, 0.3) is 5.57 Å². The third kappa shape index (κ3) is 7.10. The van der Waals surface area contributed by atoms with Crippen LogP contribution >= 0.6 is 0 Å². The molecule has 2 unspecified atom stereocenters. The lowest BCUT2D eigenvalue weighted by Crippen LogP contribution is -2.61. The summed E-state index contributed by atoms with van der Waals surface area (Å²) in [5.41, 5.74) is 4.79. The number of amides is 2. The van der Waals surface area contributed by atoms with Gasteiger partial charge in [-0.15, -0.1) is 0 Å². The Balaban J connectivity index is 1.30. The van der Waals surface area contributed by atoms with Crippen molar-refractivity contribution in [1.29, 1.82) is 0 Å². The lowest BCUT2D eigenvalue weighted by Gasteiger charge is -2.44. The molecule has 226 valence electrons. The van der Waals surface area contributed by atoms with Crippen molar-refractivity contribution in [3.63, 3.8) is 0 Å². The summed E-state index contributed by atoms with van der Waals surface area (Å²) in [6, 6.07) is 19.3. The molecule has 2 heterocycles. The van der Waals surface area contributed by atoms with E-state index in [9.17, 15) is 22.8 Å². The van der Waals surface area contributed by atoms with Crippen molar-refractivity contribution in [2.24, 2.45) is 0 Å². The van der Waals surface area contributed by atoms with Gasteiger partial charge in [0.1, 0.15) is 0 Å². The van der Waals surface area contributed by atoms with Crippen LogP contribution < -0.4 is 10.1 Å². The van der Waals surface area contributed by atoms with Gasteiger partial charge in [0.2, 0.25) is 11.7 Å². The van der Waals surface area contributed by atoms with Crippen molar-refractivity contribution in [1.82, 2.24) is 15.1 Å². The molecule has 1 N–H and O–H groups in total. The lowest BCUT2D eigenvalue weighted by molar-refractivity contribution is -0.132. The van der Waals surface area contributed by atoms with Gasteiger partial charge in [0, 0.05) is 45.2 Å². The van der Waals surface area contributed by atoms with Gasteiger partial charge in [0.25, 0.3) is 5.91 Å². The number of piperazine rings is 1. The van der Waals surface area contributed by atoms with Crippen LogP contribution in [0.15, 0.2) is 72.3 Å². The molecule has 0 spiro atoms. The number of hydrogen-bond donors (Lipinski definition) is 1. The third-order valence-electron chi connectivity index (χ3n) is 8.17. The number of halogens is 3. The first kappa shape index (κ1) is 30.4. The molecule has 6 nitrogen and oxygen atoms in total. The third-order valence-corrected chi connectivity index (χ3v) is 8.17. The van der Waals surface area contributed by atoms with Crippen LogP contribution in [0, 0.1) is 17.5 Å². The Hall–Kier alpha value is -4.11. The highest BCUT2D eigenvalue weighted by Gasteiger charge is 2.39. The molecule has 2 aliphatic heterocycles. The smallest absolute Gasteiger partial charge is 0.251 e. The van der Waals surface area contributed by atoms with Gasteiger partial charge in [-0.2, -0.15) is 4.39 Å². The summed E-state index contributed by atoms with van der Waals surface area (Å²) in [5, 5.41) is 3.58. The van der Waals surface area contributed by atoms with Gasteiger partial charge in [0.15, 0.2) is 17.4 Å². The van der Waals surface area contributed by atoms with Crippen molar-refractivity contribution in [3.05, 3.63) is 106 Å². The molecule has 2 amide bonds. The fraction of sp³-hybridized carbons (Fsp3) is 0.353. The van der Waals surface area contributed by atoms with Gasteiger partial charge >= 0.3 is 0 Å². The summed E-state index contributed by atoms with van der Waals surface area (Å²) in [6.07, 6.45) is 2.42. The molecule has 0 aliphatic carbocycles.